The second-order valence-electron chi connectivity index (χ2n) is 6.47. The molecule has 0 aromatic rings. The van der Waals surface area contributed by atoms with Crippen molar-refractivity contribution in [2.75, 3.05) is 7.05 Å². The van der Waals surface area contributed by atoms with Crippen LogP contribution in [-0.2, 0) is 4.79 Å². The Balaban J connectivity index is 2.13. The van der Waals surface area contributed by atoms with Gasteiger partial charge < -0.3 is 26.2 Å². The van der Waals surface area contributed by atoms with E-state index >= 15 is 0 Å². The quantitative estimate of drug-likeness (QED) is 0.427. The highest BCUT2D eigenvalue weighted by atomic mass is 19.1. The Labute approximate surface area is 124 Å². The fourth-order valence-electron chi connectivity index (χ4n) is 4.30. The van der Waals surface area contributed by atoms with Gasteiger partial charge in [0.15, 0.2) is 0 Å². The van der Waals surface area contributed by atoms with Crippen molar-refractivity contribution >= 4 is 13.1 Å². The largest absolute Gasteiger partial charge is 0.480 e. The predicted molar refractivity (Wildman–Crippen MR) is 76.2 cm³/mol. The number of carbonyl (C=O) groups is 1. The number of nitrogens with two attached hydrogens (primary N) is 1. The molecule has 0 spiro atoms. The van der Waals surface area contributed by atoms with E-state index in [2.05, 4.69) is 5.32 Å². The zero-order chi connectivity index (χ0) is 15.8. The van der Waals surface area contributed by atoms with Crippen molar-refractivity contribution in [3.8, 4) is 0 Å². The van der Waals surface area contributed by atoms with E-state index in [0.717, 1.165) is 0 Å². The summed E-state index contributed by atoms with van der Waals surface area (Å²) in [6.07, 6.45) is 0.789. The Kier molecular flexibility index (Phi) is 4.92. The van der Waals surface area contributed by atoms with Gasteiger partial charge in [0.2, 0.25) is 0 Å². The zero-order valence-electron chi connectivity index (χ0n) is 12.2. The molecular formula is C13H24BFN2O4. The molecule has 120 valence electrons. The maximum Gasteiger partial charge on any atom is 0.451 e. The van der Waals surface area contributed by atoms with Crippen LogP contribution in [0, 0.1) is 17.8 Å². The maximum atomic E-state index is 14.4. The van der Waals surface area contributed by atoms with Gasteiger partial charge in [-0.15, -0.1) is 0 Å². The van der Waals surface area contributed by atoms with Gasteiger partial charge in [0.25, 0.3) is 0 Å². The van der Waals surface area contributed by atoms with Crippen LogP contribution >= 0.6 is 0 Å². The van der Waals surface area contributed by atoms with Crippen molar-refractivity contribution < 1.29 is 24.3 Å². The zero-order valence-corrected chi connectivity index (χ0v) is 12.2. The van der Waals surface area contributed by atoms with Crippen molar-refractivity contribution in [1.82, 2.24) is 5.32 Å². The van der Waals surface area contributed by atoms with Crippen molar-refractivity contribution in [2.45, 2.75) is 49.8 Å². The lowest BCUT2D eigenvalue weighted by Crippen LogP contribution is -2.53. The first-order valence-corrected chi connectivity index (χ1v) is 7.51. The predicted octanol–water partition coefficient (Wildman–Crippen LogP) is -0.396. The van der Waals surface area contributed by atoms with E-state index in [1.54, 1.807) is 7.05 Å². The van der Waals surface area contributed by atoms with Crippen LogP contribution in [0.4, 0.5) is 4.39 Å². The Hall–Kier alpha value is -0.695. The minimum atomic E-state index is -1.40. The van der Waals surface area contributed by atoms with Gasteiger partial charge in [0.1, 0.15) is 11.7 Å². The van der Waals surface area contributed by atoms with E-state index in [0.29, 0.717) is 19.3 Å². The van der Waals surface area contributed by atoms with E-state index < -0.39 is 24.8 Å². The number of alkyl halides is 1. The summed E-state index contributed by atoms with van der Waals surface area (Å²) in [5.74, 6) is -1.79. The highest BCUT2D eigenvalue weighted by Crippen LogP contribution is 2.54. The first kappa shape index (κ1) is 16.7. The fraction of sp³-hybridized carbons (Fsp3) is 0.923. The van der Waals surface area contributed by atoms with Crippen LogP contribution in [0.25, 0.3) is 0 Å². The van der Waals surface area contributed by atoms with Gasteiger partial charge in [-0.05, 0) is 50.4 Å². The molecule has 2 aliphatic carbocycles. The lowest BCUT2D eigenvalue weighted by atomic mass is 9.75. The molecule has 0 heterocycles. The van der Waals surface area contributed by atoms with Crippen LogP contribution in [0.1, 0.15) is 25.7 Å². The Bertz CT molecular complexity index is 400. The van der Waals surface area contributed by atoms with Crippen LogP contribution < -0.4 is 11.1 Å². The molecule has 2 aliphatic rings. The number of rotatable bonds is 6. The molecule has 0 radical (unpaired) electrons. The summed E-state index contributed by atoms with van der Waals surface area (Å²) >= 11 is 0. The van der Waals surface area contributed by atoms with E-state index in [4.69, 9.17) is 15.8 Å². The second-order valence-corrected chi connectivity index (χ2v) is 6.47. The maximum absolute atomic E-state index is 14.4. The number of hydrogen-bond donors (Lipinski definition) is 5. The average Bonchev–Trinajstić information content (AvgIpc) is 2.85. The smallest absolute Gasteiger partial charge is 0.451 e. The van der Waals surface area contributed by atoms with Crippen LogP contribution in [0.5, 0.6) is 0 Å². The second kappa shape index (κ2) is 6.20. The minimum absolute atomic E-state index is 0.0608. The molecule has 8 heteroatoms. The summed E-state index contributed by atoms with van der Waals surface area (Å²) in [5, 5.41) is 30.2. The number of nitrogens with one attached hydrogen (secondary N) is 1. The summed E-state index contributed by atoms with van der Waals surface area (Å²) in [5.41, 5.74) is 4.69. The molecule has 0 bridgehead atoms. The average molecular weight is 302 g/mol. The van der Waals surface area contributed by atoms with E-state index in [1.165, 1.54) is 0 Å². The number of aliphatic carboxylic acids is 1. The summed E-state index contributed by atoms with van der Waals surface area (Å²) < 4.78 is 14.4. The van der Waals surface area contributed by atoms with E-state index in [-0.39, 0.29) is 36.5 Å². The lowest BCUT2D eigenvalue weighted by molar-refractivity contribution is -0.145. The van der Waals surface area contributed by atoms with Crippen LogP contribution in [0.2, 0.25) is 6.32 Å². The number of halogens is 1. The highest BCUT2D eigenvalue weighted by Gasteiger charge is 2.61. The summed E-state index contributed by atoms with van der Waals surface area (Å²) in [6, 6.07) is -0.246. The molecule has 0 saturated heterocycles. The molecule has 6 atom stereocenters. The van der Waals surface area contributed by atoms with Gasteiger partial charge in [0.05, 0.1) is 0 Å². The van der Waals surface area contributed by atoms with Gasteiger partial charge >= 0.3 is 13.1 Å². The number of carboxylic acids is 1. The third-order valence-corrected chi connectivity index (χ3v) is 5.37. The third-order valence-electron chi connectivity index (χ3n) is 5.37. The number of carboxylic acid groups (broad SMARTS) is 1. The molecule has 6 N–H and O–H groups in total. The van der Waals surface area contributed by atoms with Crippen molar-refractivity contribution in [2.24, 2.45) is 23.5 Å². The van der Waals surface area contributed by atoms with Gasteiger partial charge in [-0.3, -0.25) is 4.79 Å². The summed E-state index contributed by atoms with van der Waals surface area (Å²) in [6.45, 7) is 0. The van der Waals surface area contributed by atoms with E-state index in [9.17, 15) is 14.3 Å². The Morgan fingerprint density at radius 2 is 2.14 bits per heavy atom. The third kappa shape index (κ3) is 2.95. The lowest BCUT2D eigenvalue weighted by Gasteiger charge is -2.31. The molecule has 2 saturated carbocycles. The Morgan fingerprint density at radius 1 is 1.48 bits per heavy atom. The summed E-state index contributed by atoms with van der Waals surface area (Å²) in [7, 11) is 0.309. The fourth-order valence-corrected chi connectivity index (χ4v) is 4.30. The molecule has 2 fully saturated rings. The normalized spacial score (nSPS) is 42.0. The van der Waals surface area contributed by atoms with Crippen molar-refractivity contribution in [3.05, 3.63) is 0 Å². The van der Waals surface area contributed by atoms with Gasteiger partial charge in [-0.2, -0.15) is 0 Å². The molecule has 6 nitrogen and oxygen atoms in total. The highest BCUT2D eigenvalue weighted by molar-refractivity contribution is 6.40. The first-order valence-electron chi connectivity index (χ1n) is 7.51. The summed E-state index contributed by atoms with van der Waals surface area (Å²) in [4.78, 5) is 11.6. The molecule has 5 unspecified atom stereocenters. The van der Waals surface area contributed by atoms with E-state index in [1.807, 2.05) is 0 Å². The topological polar surface area (TPSA) is 116 Å². The standard InChI is InChI=1S/C13H24BFN2O4/c1-17-10-5-7-8(11(10)15)6-13(16,12(18)19)9(7)3-2-4-14(20)21/h7-11,17,20-21H,2-6,16H2,1H3,(H,18,19)/t7-,8?,9?,10?,11?,13?/m1/s1. The molecule has 0 amide bonds. The van der Waals surface area contributed by atoms with Crippen molar-refractivity contribution in [1.29, 1.82) is 0 Å². The number of hydrogen-bond acceptors (Lipinski definition) is 5. The number of fused-ring (bicyclic) bond motifs is 1. The van der Waals surface area contributed by atoms with Crippen LogP contribution in [-0.4, -0.2) is 53.0 Å². The molecule has 2 rings (SSSR count). The van der Waals surface area contributed by atoms with Crippen LogP contribution in [0.3, 0.4) is 0 Å². The minimum Gasteiger partial charge on any atom is -0.480 e. The molecule has 0 aliphatic heterocycles. The monoisotopic (exact) mass is 302 g/mol. The van der Waals surface area contributed by atoms with Crippen molar-refractivity contribution in [3.63, 3.8) is 0 Å². The Morgan fingerprint density at radius 3 is 2.67 bits per heavy atom. The molecule has 0 aromatic carbocycles. The molecular weight excluding hydrogens is 278 g/mol. The van der Waals surface area contributed by atoms with Gasteiger partial charge in [0, 0.05) is 6.04 Å². The van der Waals surface area contributed by atoms with Gasteiger partial charge in [-0.1, -0.05) is 6.42 Å². The molecule has 21 heavy (non-hydrogen) atoms. The molecule has 0 aromatic heterocycles. The van der Waals surface area contributed by atoms with Gasteiger partial charge in [-0.25, -0.2) is 4.39 Å². The first-order chi connectivity index (χ1) is 9.81. The van der Waals surface area contributed by atoms with Crippen LogP contribution in [0.15, 0.2) is 0 Å². The SMILES string of the molecule is CNC1C[C@@H]2C(CC(N)(C(=O)O)C2CCCB(O)O)C1F.